The van der Waals surface area contributed by atoms with Crippen LogP contribution in [0.5, 0.6) is 0 Å². The van der Waals surface area contributed by atoms with Gasteiger partial charge in [0.05, 0.1) is 0 Å². The van der Waals surface area contributed by atoms with Crippen LogP contribution in [-0.2, 0) is 4.79 Å². The summed E-state index contributed by atoms with van der Waals surface area (Å²) in [6.07, 6.45) is 4.61. The Bertz CT molecular complexity index is 156. The Morgan fingerprint density at radius 3 is 3.00 bits per heavy atom. The third kappa shape index (κ3) is 2.23. The lowest BCUT2D eigenvalue weighted by Crippen LogP contribution is -2.39. The number of nitrogens with one attached hydrogen (secondary N) is 1. The number of carbonyl (C=O) groups is 1. The second-order valence-electron chi connectivity index (χ2n) is 3.81. The van der Waals surface area contributed by atoms with Crippen molar-refractivity contribution in [1.29, 1.82) is 0 Å². The number of hydrogen-bond donors (Lipinski definition) is 1. The van der Waals surface area contributed by atoms with E-state index in [-0.39, 0.29) is 5.91 Å². The van der Waals surface area contributed by atoms with Crippen LogP contribution in [0.3, 0.4) is 0 Å². The maximum Gasteiger partial charge on any atom is 0.223 e. The summed E-state index contributed by atoms with van der Waals surface area (Å²) in [6.45, 7) is 5.25. The van der Waals surface area contributed by atoms with E-state index in [0.717, 1.165) is 19.4 Å². The van der Waals surface area contributed by atoms with Gasteiger partial charge in [-0.2, -0.15) is 0 Å². The van der Waals surface area contributed by atoms with E-state index in [2.05, 4.69) is 19.2 Å². The summed E-state index contributed by atoms with van der Waals surface area (Å²) in [4.78, 5) is 11.4. The number of carbonyl (C=O) groups excluding carboxylic acids is 1. The Balaban J connectivity index is 2.42. The van der Waals surface area contributed by atoms with Gasteiger partial charge < -0.3 is 5.32 Å². The molecule has 0 bridgehead atoms. The Kier molecular flexibility index (Phi) is 3.57. The molecule has 1 fully saturated rings. The van der Waals surface area contributed by atoms with Gasteiger partial charge in [0, 0.05) is 12.5 Å². The quantitative estimate of drug-likeness (QED) is 0.687. The fraction of sp³-hybridized carbons (Fsp3) is 0.900. The van der Waals surface area contributed by atoms with E-state index in [1.54, 1.807) is 0 Å². The lowest BCUT2D eigenvalue weighted by Gasteiger charge is -2.26. The van der Waals surface area contributed by atoms with Crippen LogP contribution >= 0.6 is 0 Å². The Hall–Kier alpha value is -0.530. The molecule has 0 aliphatic carbocycles. The summed E-state index contributed by atoms with van der Waals surface area (Å²) in [5, 5.41) is 2.93. The lowest BCUT2D eigenvalue weighted by atomic mass is 9.84. The first-order valence-electron chi connectivity index (χ1n) is 5.03. The highest BCUT2D eigenvalue weighted by atomic mass is 16.1. The molecule has 1 amide bonds. The molecule has 2 unspecified atom stereocenters. The van der Waals surface area contributed by atoms with Crippen molar-refractivity contribution in [2.24, 2.45) is 11.8 Å². The number of hydrogen-bond acceptors (Lipinski definition) is 1. The highest BCUT2D eigenvalue weighted by Crippen LogP contribution is 2.24. The molecule has 2 atom stereocenters. The maximum atomic E-state index is 11.4. The van der Waals surface area contributed by atoms with Crippen molar-refractivity contribution in [1.82, 2.24) is 5.32 Å². The highest BCUT2D eigenvalue weighted by Gasteiger charge is 2.26. The molecule has 1 N–H and O–H groups in total. The van der Waals surface area contributed by atoms with Gasteiger partial charge in [-0.15, -0.1) is 0 Å². The molecular formula is C10H19NO. The van der Waals surface area contributed by atoms with Gasteiger partial charge in [0.15, 0.2) is 0 Å². The first-order valence-corrected chi connectivity index (χ1v) is 5.03. The molecule has 1 aliphatic rings. The summed E-state index contributed by atoms with van der Waals surface area (Å²) in [7, 11) is 0. The zero-order valence-electron chi connectivity index (χ0n) is 8.10. The second kappa shape index (κ2) is 4.48. The summed E-state index contributed by atoms with van der Waals surface area (Å²) in [5.74, 6) is 1.14. The van der Waals surface area contributed by atoms with Gasteiger partial charge in [-0.1, -0.05) is 26.7 Å². The van der Waals surface area contributed by atoms with E-state index < -0.39 is 0 Å². The normalized spacial score (nSPS) is 26.5. The van der Waals surface area contributed by atoms with E-state index in [9.17, 15) is 4.79 Å². The van der Waals surface area contributed by atoms with Crippen LogP contribution in [0.1, 0.15) is 39.5 Å². The third-order valence-electron chi connectivity index (χ3n) is 2.76. The summed E-state index contributed by atoms with van der Waals surface area (Å²) in [5.41, 5.74) is 0. The lowest BCUT2D eigenvalue weighted by molar-refractivity contribution is -0.128. The van der Waals surface area contributed by atoms with Crippen molar-refractivity contribution in [3.8, 4) is 0 Å². The van der Waals surface area contributed by atoms with E-state index in [1.165, 1.54) is 12.8 Å². The van der Waals surface area contributed by atoms with Gasteiger partial charge in [0.1, 0.15) is 0 Å². The van der Waals surface area contributed by atoms with Gasteiger partial charge in [0.2, 0.25) is 5.91 Å². The number of amides is 1. The van der Waals surface area contributed by atoms with E-state index in [1.807, 2.05) is 0 Å². The molecule has 2 nitrogen and oxygen atoms in total. The molecule has 1 heterocycles. The van der Waals surface area contributed by atoms with Crippen molar-refractivity contribution in [2.75, 3.05) is 6.54 Å². The van der Waals surface area contributed by atoms with Crippen molar-refractivity contribution < 1.29 is 4.79 Å². The standard InChI is InChI=1S/C10H19NO/c1-3-5-8(2)9-6-4-7-11-10(9)12/h8-9H,3-7H2,1-2H3,(H,11,12). The average Bonchev–Trinajstić information content (AvgIpc) is 2.05. The summed E-state index contributed by atoms with van der Waals surface area (Å²) < 4.78 is 0. The van der Waals surface area contributed by atoms with Gasteiger partial charge in [-0.05, 0) is 18.8 Å². The van der Waals surface area contributed by atoms with Crippen LogP contribution in [-0.4, -0.2) is 12.5 Å². The van der Waals surface area contributed by atoms with Crippen LogP contribution in [0.2, 0.25) is 0 Å². The fourth-order valence-corrected chi connectivity index (χ4v) is 2.00. The monoisotopic (exact) mass is 169 g/mol. The molecule has 0 aromatic rings. The molecular weight excluding hydrogens is 150 g/mol. The van der Waals surface area contributed by atoms with Crippen molar-refractivity contribution in [3.05, 3.63) is 0 Å². The highest BCUT2D eigenvalue weighted by molar-refractivity contribution is 5.79. The molecule has 12 heavy (non-hydrogen) atoms. The molecule has 0 spiro atoms. The third-order valence-corrected chi connectivity index (χ3v) is 2.76. The van der Waals surface area contributed by atoms with E-state index in [0.29, 0.717) is 11.8 Å². The van der Waals surface area contributed by atoms with Gasteiger partial charge >= 0.3 is 0 Å². The van der Waals surface area contributed by atoms with Crippen LogP contribution < -0.4 is 5.32 Å². The average molecular weight is 169 g/mol. The smallest absolute Gasteiger partial charge is 0.223 e. The Labute approximate surface area is 74.7 Å². The molecule has 0 aromatic carbocycles. The Morgan fingerprint density at radius 1 is 1.67 bits per heavy atom. The molecule has 0 saturated carbocycles. The fourth-order valence-electron chi connectivity index (χ4n) is 2.00. The van der Waals surface area contributed by atoms with Gasteiger partial charge in [0.25, 0.3) is 0 Å². The number of rotatable bonds is 3. The predicted octanol–water partition coefficient (Wildman–Crippen LogP) is 1.95. The largest absolute Gasteiger partial charge is 0.356 e. The van der Waals surface area contributed by atoms with E-state index >= 15 is 0 Å². The minimum atomic E-state index is 0.280. The maximum absolute atomic E-state index is 11.4. The van der Waals surface area contributed by atoms with Crippen molar-refractivity contribution >= 4 is 5.91 Å². The van der Waals surface area contributed by atoms with Gasteiger partial charge in [-0.25, -0.2) is 0 Å². The predicted molar refractivity (Wildman–Crippen MR) is 49.8 cm³/mol. The topological polar surface area (TPSA) is 29.1 Å². The van der Waals surface area contributed by atoms with Crippen LogP contribution in [0, 0.1) is 11.8 Å². The van der Waals surface area contributed by atoms with Crippen molar-refractivity contribution in [3.63, 3.8) is 0 Å². The molecule has 0 radical (unpaired) electrons. The SMILES string of the molecule is CCCC(C)C1CCCNC1=O. The van der Waals surface area contributed by atoms with E-state index in [4.69, 9.17) is 0 Å². The number of piperidine rings is 1. The minimum Gasteiger partial charge on any atom is -0.356 e. The van der Waals surface area contributed by atoms with Crippen molar-refractivity contribution in [2.45, 2.75) is 39.5 Å². The minimum absolute atomic E-state index is 0.280. The molecule has 1 saturated heterocycles. The molecule has 70 valence electrons. The molecule has 1 aliphatic heterocycles. The second-order valence-corrected chi connectivity index (χ2v) is 3.81. The molecule has 1 rings (SSSR count). The van der Waals surface area contributed by atoms with Crippen LogP contribution in [0.15, 0.2) is 0 Å². The van der Waals surface area contributed by atoms with Gasteiger partial charge in [-0.3, -0.25) is 4.79 Å². The first kappa shape index (κ1) is 9.56. The van der Waals surface area contributed by atoms with Crippen LogP contribution in [0.25, 0.3) is 0 Å². The summed E-state index contributed by atoms with van der Waals surface area (Å²) >= 11 is 0. The van der Waals surface area contributed by atoms with Crippen LogP contribution in [0.4, 0.5) is 0 Å². The summed E-state index contributed by atoms with van der Waals surface area (Å²) in [6, 6.07) is 0. The Morgan fingerprint density at radius 2 is 2.42 bits per heavy atom. The molecule has 2 heteroatoms. The zero-order chi connectivity index (χ0) is 8.97. The first-order chi connectivity index (χ1) is 5.75. The molecule has 0 aromatic heterocycles. The zero-order valence-corrected chi connectivity index (χ0v) is 8.10.